The Morgan fingerprint density at radius 2 is 2.33 bits per heavy atom. The van der Waals surface area contributed by atoms with Gasteiger partial charge in [-0.3, -0.25) is 0 Å². The molecule has 1 aromatic heterocycles. The van der Waals surface area contributed by atoms with E-state index in [0.29, 0.717) is 0 Å². The lowest BCUT2D eigenvalue weighted by molar-refractivity contribution is 0.0697. The molecular weight excluding hydrogens is 206 g/mol. The van der Waals surface area contributed by atoms with Crippen LogP contribution in [0.15, 0.2) is 18.3 Å². The van der Waals surface area contributed by atoms with E-state index in [4.69, 9.17) is 5.11 Å². The second-order valence-corrected chi connectivity index (χ2v) is 2.98. The van der Waals surface area contributed by atoms with Crippen LogP contribution in [0.3, 0.4) is 0 Å². The van der Waals surface area contributed by atoms with E-state index in [0.717, 1.165) is 0 Å². The number of carboxylic acid groups (broad SMARTS) is 1. The number of pyridine rings is 1. The third-order valence-corrected chi connectivity index (χ3v) is 1.80. The van der Waals surface area contributed by atoms with Crippen molar-refractivity contribution in [3.05, 3.63) is 23.9 Å². The average molecular weight is 216 g/mol. The molecule has 0 fully saturated rings. The molecule has 0 aliphatic rings. The van der Waals surface area contributed by atoms with E-state index in [9.17, 15) is 13.6 Å². The Labute approximate surface area is 85.2 Å². The first-order valence-electron chi connectivity index (χ1n) is 4.19. The fraction of sp³-hybridized carbons (Fsp3) is 0.333. The van der Waals surface area contributed by atoms with Crippen LogP contribution in [0.5, 0.6) is 0 Å². The molecule has 0 spiro atoms. The van der Waals surface area contributed by atoms with Crippen LogP contribution in [0.25, 0.3) is 0 Å². The van der Waals surface area contributed by atoms with Gasteiger partial charge < -0.3 is 10.0 Å². The van der Waals surface area contributed by atoms with Gasteiger partial charge in [-0.1, -0.05) is 0 Å². The van der Waals surface area contributed by atoms with Crippen molar-refractivity contribution in [3.63, 3.8) is 0 Å². The smallest absolute Gasteiger partial charge is 0.335 e. The Hall–Kier alpha value is -1.72. The number of carboxylic acids is 1. The van der Waals surface area contributed by atoms with Crippen LogP contribution in [0.1, 0.15) is 10.4 Å². The number of rotatable bonds is 4. The summed E-state index contributed by atoms with van der Waals surface area (Å²) in [5, 5.41) is 8.68. The lowest BCUT2D eigenvalue weighted by Gasteiger charge is -2.17. The standard InChI is InChI=1S/C9H10F2N2O2/c1-13(5-7(10)11)8-4-6(9(14)15)2-3-12-8/h2-4,7H,5H2,1H3,(H,14,15). The average Bonchev–Trinajstić information content (AvgIpc) is 2.17. The number of carbonyl (C=O) groups is 1. The Balaban J connectivity index is 2.85. The molecule has 0 bridgehead atoms. The van der Waals surface area contributed by atoms with Crippen molar-refractivity contribution in [2.45, 2.75) is 6.43 Å². The molecule has 4 nitrogen and oxygen atoms in total. The van der Waals surface area contributed by atoms with Crippen molar-refractivity contribution in [1.82, 2.24) is 4.98 Å². The predicted octanol–water partition coefficient (Wildman–Crippen LogP) is 1.48. The highest BCUT2D eigenvalue weighted by Crippen LogP contribution is 2.12. The number of hydrogen-bond donors (Lipinski definition) is 1. The van der Waals surface area contributed by atoms with Gasteiger partial charge in [0, 0.05) is 13.2 Å². The van der Waals surface area contributed by atoms with E-state index in [-0.39, 0.29) is 11.4 Å². The fourth-order valence-corrected chi connectivity index (χ4v) is 1.06. The molecule has 1 rings (SSSR count). The SMILES string of the molecule is CN(CC(F)F)c1cc(C(=O)O)ccn1. The quantitative estimate of drug-likeness (QED) is 0.828. The number of anilines is 1. The first kappa shape index (κ1) is 11.4. The van der Waals surface area contributed by atoms with E-state index in [1.807, 2.05) is 0 Å². The van der Waals surface area contributed by atoms with Crippen LogP contribution >= 0.6 is 0 Å². The van der Waals surface area contributed by atoms with Crippen molar-refractivity contribution in [2.24, 2.45) is 0 Å². The highest BCUT2D eigenvalue weighted by atomic mass is 19.3. The first-order valence-corrected chi connectivity index (χ1v) is 4.19. The Bertz CT molecular complexity index is 358. The highest BCUT2D eigenvalue weighted by Gasteiger charge is 2.11. The summed E-state index contributed by atoms with van der Waals surface area (Å²) >= 11 is 0. The van der Waals surface area contributed by atoms with Crippen molar-refractivity contribution in [2.75, 3.05) is 18.5 Å². The van der Waals surface area contributed by atoms with Crippen LogP contribution in [-0.4, -0.2) is 36.1 Å². The van der Waals surface area contributed by atoms with E-state index in [1.54, 1.807) is 0 Å². The van der Waals surface area contributed by atoms with Gasteiger partial charge in [-0.2, -0.15) is 0 Å². The van der Waals surface area contributed by atoms with Crippen molar-refractivity contribution < 1.29 is 18.7 Å². The van der Waals surface area contributed by atoms with Gasteiger partial charge in [0.25, 0.3) is 6.43 Å². The highest BCUT2D eigenvalue weighted by molar-refractivity contribution is 5.88. The largest absolute Gasteiger partial charge is 0.478 e. The molecule has 0 aliphatic heterocycles. The summed E-state index contributed by atoms with van der Waals surface area (Å²) < 4.78 is 24.1. The number of nitrogens with zero attached hydrogens (tertiary/aromatic N) is 2. The van der Waals surface area contributed by atoms with Gasteiger partial charge in [0.1, 0.15) is 5.82 Å². The molecule has 0 aromatic carbocycles. The molecule has 0 saturated carbocycles. The molecular formula is C9H10F2N2O2. The zero-order chi connectivity index (χ0) is 11.4. The minimum Gasteiger partial charge on any atom is -0.478 e. The van der Waals surface area contributed by atoms with Gasteiger partial charge >= 0.3 is 5.97 Å². The summed E-state index contributed by atoms with van der Waals surface area (Å²) in [5.74, 6) is -0.890. The summed E-state index contributed by atoms with van der Waals surface area (Å²) in [5.41, 5.74) is 0.0288. The molecule has 0 atom stereocenters. The van der Waals surface area contributed by atoms with E-state index < -0.39 is 18.9 Å². The molecule has 1 heterocycles. The summed E-state index contributed by atoms with van der Waals surface area (Å²) in [6.45, 7) is -0.476. The number of halogens is 2. The monoisotopic (exact) mass is 216 g/mol. The fourth-order valence-electron chi connectivity index (χ4n) is 1.06. The maximum atomic E-state index is 12.0. The second-order valence-electron chi connectivity index (χ2n) is 2.98. The van der Waals surface area contributed by atoms with Crippen molar-refractivity contribution in [1.29, 1.82) is 0 Å². The van der Waals surface area contributed by atoms with Gasteiger partial charge in [-0.25, -0.2) is 18.6 Å². The van der Waals surface area contributed by atoms with Crippen LogP contribution in [-0.2, 0) is 0 Å². The Morgan fingerprint density at radius 3 is 2.87 bits per heavy atom. The van der Waals surface area contributed by atoms with Gasteiger partial charge in [0.05, 0.1) is 12.1 Å². The summed E-state index contributed by atoms with van der Waals surface area (Å²) in [6.07, 6.45) is -1.20. The van der Waals surface area contributed by atoms with Gasteiger partial charge in [-0.15, -0.1) is 0 Å². The Kier molecular flexibility index (Phi) is 3.54. The maximum Gasteiger partial charge on any atom is 0.335 e. The number of aromatic carboxylic acids is 1. The maximum absolute atomic E-state index is 12.0. The van der Waals surface area contributed by atoms with E-state index >= 15 is 0 Å². The van der Waals surface area contributed by atoms with Crippen LogP contribution in [0, 0.1) is 0 Å². The molecule has 0 unspecified atom stereocenters. The molecule has 82 valence electrons. The Morgan fingerprint density at radius 1 is 1.67 bits per heavy atom. The molecule has 1 N–H and O–H groups in total. The normalized spacial score (nSPS) is 10.4. The molecule has 15 heavy (non-hydrogen) atoms. The predicted molar refractivity (Wildman–Crippen MR) is 50.5 cm³/mol. The molecule has 6 heteroatoms. The zero-order valence-corrected chi connectivity index (χ0v) is 8.02. The molecule has 1 aromatic rings. The molecule has 0 saturated heterocycles. The van der Waals surface area contributed by atoms with Crippen LogP contribution in [0.4, 0.5) is 14.6 Å². The third-order valence-electron chi connectivity index (χ3n) is 1.80. The minimum atomic E-state index is -2.48. The minimum absolute atomic E-state index is 0.0288. The van der Waals surface area contributed by atoms with Crippen LogP contribution < -0.4 is 4.90 Å². The van der Waals surface area contributed by atoms with E-state index in [1.165, 1.54) is 30.3 Å². The number of aromatic nitrogens is 1. The summed E-state index contributed by atoms with van der Waals surface area (Å²) in [7, 11) is 1.43. The molecule has 0 amide bonds. The lowest BCUT2D eigenvalue weighted by atomic mass is 10.2. The zero-order valence-electron chi connectivity index (χ0n) is 8.02. The second kappa shape index (κ2) is 4.68. The lowest BCUT2D eigenvalue weighted by Crippen LogP contribution is -2.25. The van der Waals surface area contributed by atoms with E-state index in [2.05, 4.69) is 4.98 Å². The third kappa shape index (κ3) is 3.16. The van der Waals surface area contributed by atoms with Gasteiger partial charge in [0.2, 0.25) is 0 Å². The van der Waals surface area contributed by atoms with Crippen molar-refractivity contribution in [3.8, 4) is 0 Å². The van der Waals surface area contributed by atoms with Crippen LogP contribution in [0.2, 0.25) is 0 Å². The van der Waals surface area contributed by atoms with Gasteiger partial charge in [0.15, 0.2) is 0 Å². The van der Waals surface area contributed by atoms with Gasteiger partial charge in [-0.05, 0) is 12.1 Å². The molecule has 0 aliphatic carbocycles. The summed E-state index contributed by atoms with van der Waals surface area (Å²) in [6, 6.07) is 2.56. The van der Waals surface area contributed by atoms with Crippen molar-refractivity contribution >= 4 is 11.8 Å². The molecule has 0 radical (unpaired) electrons. The number of hydrogen-bond acceptors (Lipinski definition) is 3. The topological polar surface area (TPSA) is 53.4 Å². The number of alkyl halides is 2. The summed E-state index contributed by atoms with van der Waals surface area (Å²) in [4.78, 5) is 15.6. The first-order chi connectivity index (χ1) is 7.00.